The Kier molecular flexibility index (Phi) is 6.84. The van der Waals surface area contributed by atoms with Crippen LogP contribution in [0.15, 0.2) is 24.3 Å². The van der Waals surface area contributed by atoms with Gasteiger partial charge in [0.2, 0.25) is 0 Å². The van der Waals surface area contributed by atoms with E-state index in [1.54, 1.807) is 21.0 Å². The average molecular weight is 267 g/mol. The SMILES string of the molecule is COCCNCc1cccc(OCCC(C)(C)O)c1. The minimum atomic E-state index is -0.681. The quantitative estimate of drug-likeness (QED) is 0.672. The van der Waals surface area contributed by atoms with E-state index in [9.17, 15) is 5.11 Å². The van der Waals surface area contributed by atoms with Gasteiger partial charge in [0.05, 0.1) is 18.8 Å². The van der Waals surface area contributed by atoms with Crippen LogP contribution in [0.25, 0.3) is 0 Å². The molecule has 0 aliphatic rings. The van der Waals surface area contributed by atoms with Gasteiger partial charge in [-0.05, 0) is 31.5 Å². The van der Waals surface area contributed by atoms with Gasteiger partial charge >= 0.3 is 0 Å². The third-order valence-electron chi connectivity index (χ3n) is 2.69. The Bertz CT molecular complexity index is 361. The number of hydrogen-bond donors (Lipinski definition) is 2. The summed E-state index contributed by atoms with van der Waals surface area (Å²) >= 11 is 0. The molecule has 0 aliphatic carbocycles. The smallest absolute Gasteiger partial charge is 0.119 e. The van der Waals surface area contributed by atoms with Crippen LogP contribution in [0.3, 0.4) is 0 Å². The summed E-state index contributed by atoms with van der Waals surface area (Å²) in [6.07, 6.45) is 0.614. The number of hydrogen-bond acceptors (Lipinski definition) is 4. The van der Waals surface area contributed by atoms with Gasteiger partial charge < -0.3 is 19.9 Å². The Balaban J connectivity index is 2.35. The van der Waals surface area contributed by atoms with Crippen molar-refractivity contribution in [2.24, 2.45) is 0 Å². The van der Waals surface area contributed by atoms with E-state index >= 15 is 0 Å². The first-order valence-corrected chi connectivity index (χ1v) is 6.65. The van der Waals surface area contributed by atoms with Gasteiger partial charge in [-0.1, -0.05) is 12.1 Å². The van der Waals surface area contributed by atoms with E-state index < -0.39 is 5.60 Å². The highest BCUT2D eigenvalue weighted by molar-refractivity contribution is 5.28. The molecule has 4 nitrogen and oxygen atoms in total. The molecule has 0 fully saturated rings. The highest BCUT2D eigenvalue weighted by Gasteiger charge is 2.12. The fourth-order valence-corrected chi connectivity index (χ4v) is 1.57. The largest absolute Gasteiger partial charge is 0.493 e. The summed E-state index contributed by atoms with van der Waals surface area (Å²) in [6.45, 7) is 6.43. The molecule has 0 amide bonds. The van der Waals surface area contributed by atoms with E-state index in [-0.39, 0.29) is 0 Å². The van der Waals surface area contributed by atoms with Gasteiger partial charge in [0.25, 0.3) is 0 Å². The minimum absolute atomic E-state index is 0.518. The van der Waals surface area contributed by atoms with Gasteiger partial charge in [-0.15, -0.1) is 0 Å². The van der Waals surface area contributed by atoms with Crippen LogP contribution in [0.2, 0.25) is 0 Å². The van der Waals surface area contributed by atoms with Crippen molar-refractivity contribution in [3.8, 4) is 5.75 Å². The van der Waals surface area contributed by atoms with Crippen molar-refractivity contribution < 1.29 is 14.6 Å². The van der Waals surface area contributed by atoms with Gasteiger partial charge in [-0.3, -0.25) is 0 Å². The van der Waals surface area contributed by atoms with Crippen LogP contribution in [0, 0.1) is 0 Å². The lowest BCUT2D eigenvalue weighted by Crippen LogP contribution is -2.22. The number of benzene rings is 1. The highest BCUT2D eigenvalue weighted by atomic mass is 16.5. The molecule has 0 aromatic heterocycles. The third kappa shape index (κ3) is 7.82. The molecule has 1 aromatic carbocycles. The van der Waals surface area contributed by atoms with E-state index in [1.165, 1.54) is 5.56 Å². The van der Waals surface area contributed by atoms with Gasteiger partial charge in [0, 0.05) is 26.6 Å². The molecular formula is C15H25NO3. The van der Waals surface area contributed by atoms with Gasteiger partial charge in [0.15, 0.2) is 0 Å². The number of methoxy groups -OCH3 is 1. The van der Waals surface area contributed by atoms with Crippen LogP contribution < -0.4 is 10.1 Å². The molecule has 0 aliphatic heterocycles. The van der Waals surface area contributed by atoms with Crippen molar-refractivity contribution in [1.82, 2.24) is 5.32 Å². The van der Waals surface area contributed by atoms with Crippen molar-refractivity contribution >= 4 is 0 Å². The lowest BCUT2D eigenvalue weighted by molar-refractivity contribution is 0.0553. The molecule has 0 saturated carbocycles. The third-order valence-corrected chi connectivity index (χ3v) is 2.69. The second-order valence-corrected chi connectivity index (χ2v) is 5.23. The van der Waals surface area contributed by atoms with Gasteiger partial charge in [-0.2, -0.15) is 0 Å². The molecule has 0 spiro atoms. The molecule has 19 heavy (non-hydrogen) atoms. The molecule has 1 aromatic rings. The fraction of sp³-hybridized carbons (Fsp3) is 0.600. The monoisotopic (exact) mass is 267 g/mol. The zero-order valence-electron chi connectivity index (χ0n) is 12.1. The zero-order valence-corrected chi connectivity index (χ0v) is 12.1. The summed E-state index contributed by atoms with van der Waals surface area (Å²) in [5, 5.41) is 12.9. The Morgan fingerprint density at radius 3 is 2.74 bits per heavy atom. The molecule has 4 heteroatoms. The number of aliphatic hydroxyl groups is 1. The topological polar surface area (TPSA) is 50.7 Å². The lowest BCUT2D eigenvalue weighted by atomic mass is 10.1. The van der Waals surface area contributed by atoms with Crippen molar-refractivity contribution in [2.45, 2.75) is 32.4 Å². The summed E-state index contributed by atoms with van der Waals surface area (Å²) < 4.78 is 10.6. The molecular weight excluding hydrogens is 242 g/mol. The summed E-state index contributed by atoms with van der Waals surface area (Å²) in [5.41, 5.74) is 0.496. The van der Waals surface area contributed by atoms with E-state index in [0.717, 1.165) is 18.8 Å². The Morgan fingerprint density at radius 1 is 1.26 bits per heavy atom. The van der Waals surface area contributed by atoms with Crippen LogP contribution in [0.5, 0.6) is 5.75 Å². The normalized spacial score (nSPS) is 11.6. The summed E-state index contributed by atoms with van der Waals surface area (Å²) in [5.74, 6) is 0.843. The predicted molar refractivity (Wildman–Crippen MR) is 76.4 cm³/mol. The van der Waals surface area contributed by atoms with E-state index in [1.807, 2.05) is 18.2 Å². The molecule has 0 radical (unpaired) electrons. The van der Waals surface area contributed by atoms with Gasteiger partial charge in [-0.25, -0.2) is 0 Å². The molecule has 0 atom stereocenters. The number of nitrogens with one attached hydrogen (secondary N) is 1. The molecule has 0 bridgehead atoms. The van der Waals surface area contributed by atoms with Crippen LogP contribution in [-0.2, 0) is 11.3 Å². The maximum absolute atomic E-state index is 9.62. The average Bonchev–Trinajstić information content (AvgIpc) is 2.34. The number of rotatable bonds is 9. The summed E-state index contributed by atoms with van der Waals surface area (Å²) in [6, 6.07) is 7.99. The Hall–Kier alpha value is -1.10. The molecule has 0 unspecified atom stereocenters. The highest BCUT2D eigenvalue weighted by Crippen LogP contribution is 2.15. The van der Waals surface area contributed by atoms with E-state index in [2.05, 4.69) is 11.4 Å². The molecule has 0 heterocycles. The molecule has 108 valence electrons. The lowest BCUT2D eigenvalue weighted by Gasteiger charge is -2.17. The fourth-order valence-electron chi connectivity index (χ4n) is 1.57. The van der Waals surface area contributed by atoms with Gasteiger partial charge in [0.1, 0.15) is 5.75 Å². The maximum Gasteiger partial charge on any atom is 0.119 e. The molecule has 0 saturated heterocycles. The van der Waals surface area contributed by atoms with E-state index in [0.29, 0.717) is 19.6 Å². The van der Waals surface area contributed by atoms with Crippen LogP contribution in [0.1, 0.15) is 25.8 Å². The van der Waals surface area contributed by atoms with Crippen molar-refractivity contribution in [2.75, 3.05) is 26.9 Å². The first-order valence-electron chi connectivity index (χ1n) is 6.65. The number of ether oxygens (including phenoxy) is 2. The predicted octanol–water partition coefficient (Wildman–Crippen LogP) is 1.96. The first kappa shape index (κ1) is 16.0. The zero-order chi connectivity index (χ0) is 14.1. The standard InChI is InChI=1S/C15H25NO3/c1-15(2,17)7-9-19-14-6-4-5-13(11-14)12-16-8-10-18-3/h4-6,11,16-17H,7-10,12H2,1-3H3. The van der Waals surface area contributed by atoms with Crippen LogP contribution >= 0.6 is 0 Å². The summed E-state index contributed by atoms with van der Waals surface area (Å²) in [7, 11) is 1.69. The van der Waals surface area contributed by atoms with Crippen LogP contribution in [-0.4, -0.2) is 37.6 Å². The maximum atomic E-state index is 9.62. The van der Waals surface area contributed by atoms with Crippen molar-refractivity contribution in [3.05, 3.63) is 29.8 Å². The second kappa shape index (κ2) is 8.15. The van der Waals surface area contributed by atoms with Crippen molar-refractivity contribution in [1.29, 1.82) is 0 Å². The Morgan fingerprint density at radius 2 is 2.05 bits per heavy atom. The summed E-state index contributed by atoms with van der Waals surface area (Å²) in [4.78, 5) is 0. The Labute approximate surface area is 115 Å². The first-order chi connectivity index (χ1) is 9.01. The van der Waals surface area contributed by atoms with E-state index in [4.69, 9.17) is 9.47 Å². The van der Waals surface area contributed by atoms with Crippen molar-refractivity contribution in [3.63, 3.8) is 0 Å². The second-order valence-electron chi connectivity index (χ2n) is 5.23. The molecule has 2 N–H and O–H groups in total. The van der Waals surface area contributed by atoms with Crippen LogP contribution in [0.4, 0.5) is 0 Å². The minimum Gasteiger partial charge on any atom is -0.493 e. The molecule has 1 rings (SSSR count).